The maximum atomic E-state index is 6.72. The number of rotatable bonds is 5. The average molecular weight is 485 g/mol. The van der Waals surface area contributed by atoms with Crippen LogP contribution in [0.25, 0.3) is 0 Å². The fraction of sp³-hybridized carbons (Fsp3) is 0.458. The van der Waals surface area contributed by atoms with Crippen LogP contribution in [0.5, 0.6) is 0 Å². The molecule has 9 heteroatoms. The van der Waals surface area contributed by atoms with E-state index in [9.17, 15) is 0 Å². The highest BCUT2D eigenvalue weighted by molar-refractivity contribution is 7.99. The van der Waals surface area contributed by atoms with E-state index in [1.54, 1.807) is 4.68 Å². The van der Waals surface area contributed by atoms with Gasteiger partial charge in [0.05, 0.1) is 36.3 Å². The number of ether oxygens (including phenoxy) is 1. The third-order valence-corrected chi connectivity index (χ3v) is 8.49. The van der Waals surface area contributed by atoms with Gasteiger partial charge >= 0.3 is 0 Å². The van der Waals surface area contributed by atoms with Crippen molar-refractivity contribution >= 4 is 29.2 Å². The van der Waals surface area contributed by atoms with E-state index >= 15 is 0 Å². The van der Waals surface area contributed by atoms with Crippen molar-refractivity contribution in [2.45, 2.75) is 48.3 Å². The van der Waals surface area contributed by atoms with Gasteiger partial charge in [-0.1, -0.05) is 35.5 Å². The lowest BCUT2D eigenvalue weighted by Crippen LogP contribution is -2.50. The second-order valence-corrected chi connectivity index (χ2v) is 10.6. The first kappa shape index (κ1) is 22.7. The number of hydrogen-bond donors (Lipinski definition) is 1. The molecule has 0 amide bonds. The van der Waals surface area contributed by atoms with Gasteiger partial charge in [0.25, 0.3) is 0 Å². The van der Waals surface area contributed by atoms with Crippen LogP contribution in [0.15, 0.2) is 52.9 Å². The van der Waals surface area contributed by atoms with Crippen LogP contribution in [0.4, 0.5) is 5.82 Å². The van der Waals surface area contributed by atoms with Crippen molar-refractivity contribution in [3.05, 3.63) is 59.1 Å². The van der Waals surface area contributed by atoms with E-state index in [-0.39, 0.29) is 17.6 Å². The van der Waals surface area contributed by atoms with Crippen LogP contribution in [-0.4, -0.2) is 51.6 Å². The molecule has 174 valence electrons. The van der Waals surface area contributed by atoms with Gasteiger partial charge < -0.3 is 15.4 Å². The van der Waals surface area contributed by atoms with Crippen molar-refractivity contribution < 1.29 is 4.74 Å². The second kappa shape index (κ2) is 9.25. The van der Waals surface area contributed by atoms with Crippen molar-refractivity contribution in [2.24, 2.45) is 18.2 Å². The number of hydrogen-bond acceptors (Lipinski definition) is 7. The molecule has 5 rings (SSSR count). The highest BCUT2D eigenvalue weighted by Crippen LogP contribution is 2.42. The third-order valence-electron chi connectivity index (χ3n) is 6.95. The minimum absolute atomic E-state index is 0.108. The van der Waals surface area contributed by atoms with Gasteiger partial charge in [0.2, 0.25) is 0 Å². The first-order valence-electron chi connectivity index (χ1n) is 11.3. The van der Waals surface area contributed by atoms with Gasteiger partial charge in [-0.2, -0.15) is 5.10 Å². The van der Waals surface area contributed by atoms with E-state index in [2.05, 4.69) is 28.0 Å². The molecule has 1 spiro atoms. The Morgan fingerprint density at radius 1 is 1.21 bits per heavy atom. The highest BCUT2D eigenvalue weighted by Gasteiger charge is 2.47. The summed E-state index contributed by atoms with van der Waals surface area (Å²) in [6.07, 6.45) is 10.5. The summed E-state index contributed by atoms with van der Waals surface area (Å²) in [7, 11) is 1.92. The van der Waals surface area contributed by atoms with Crippen LogP contribution in [0, 0.1) is 5.41 Å². The van der Waals surface area contributed by atoms with Crippen LogP contribution in [0.2, 0.25) is 5.02 Å². The molecule has 2 aliphatic rings. The minimum Gasteiger partial charge on any atom is -0.376 e. The summed E-state index contributed by atoms with van der Waals surface area (Å²) >= 11 is 8.26. The van der Waals surface area contributed by atoms with Crippen molar-refractivity contribution in [3.8, 4) is 0 Å². The molecule has 2 fully saturated rings. The van der Waals surface area contributed by atoms with Crippen LogP contribution in [0.1, 0.15) is 30.9 Å². The van der Waals surface area contributed by atoms with Crippen LogP contribution in [-0.2, 0) is 18.2 Å². The van der Waals surface area contributed by atoms with Gasteiger partial charge in [-0.05, 0) is 37.0 Å². The molecule has 1 aromatic carbocycles. The monoisotopic (exact) mass is 484 g/mol. The molecule has 2 aromatic heterocycles. The average Bonchev–Trinajstić information content (AvgIpc) is 3.36. The first-order chi connectivity index (χ1) is 15.9. The molecular weight excluding hydrogens is 456 g/mol. The predicted octanol–water partition coefficient (Wildman–Crippen LogP) is 3.94. The van der Waals surface area contributed by atoms with Crippen LogP contribution in [0.3, 0.4) is 0 Å². The molecule has 2 atom stereocenters. The summed E-state index contributed by atoms with van der Waals surface area (Å²) in [4.78, 5) is 12.6. The summed E-state index contributed by atoms with van der Waals surface area (Å²) in [5.41, 5.74) is 8.76. The van der Waals surface area contributed by atoms with E-state index in [4.69, 9.17) is 27.1 Å². The second-order valence-electron chi connectivity index (χ2n) is 9.13. The lowest BCUT2D eigenvalue weighted by molar-refractivity contribution is 0.0974. The van der Waals surface area contributed by atoms with E-state index in [1.165, 1.54) is 11.8 Å². The molecule has 3 aromatic rings. The number of anilines is 1. The molecule has 2 saturated heterocycles. The Kier molecular flexibility index (Phi) is 6.35. The number of nitrogens with two attached hydrogens (primary N) is 1. The summed E-state index contributed by atoms with van der Waals surface area (Å²) in [6, 6.07) is 6.22. The summed E-state index contributed by atoms with van der Waals surface area (Å²) in [5.74, 6) is 0.908. The number of halogens is 1. The highest BCUT2D eigenvalue weighted by atomic mass is 35.5. The van der Waals surface area contributed by atoms with Crippen LogP contribution < -0.4 is 10.6 Å². The molecule has 7 nitrogen and oxygen atoms in total. The number of piperidine rings is 1. The van der Waals surface area contributed by atoms with E-state index < -0.39 is 0 Å². The Balaban J connectivity index is 1.23. The van der Waals surface area contributed by atoms with Crippen LogP contribution >= 0.6 is 23.4 Å². The Morgan fingerprint density at radius 3 is 2.67 bits per heavy atom. The molecule has 0 saturated carbocycles. The van der Waals surface area contributed by atoms with Gasteiger partial charge in [0.15, 0.2) is 0 Å². The molecule has 0 unspecified atom stereocenters. The van der Waals surface area contributed by atoms with Crippen molar-refractivity contribution in [2.75, 3.05) is 24.6 Å². The van der Waals surface area contributed by atoms with E-state index in [0.29, 0.717) is 0 Å². The van der Waals surface area contributed by atoms with E-state index in [1.807, 2.05) is 44.0 Å². The smallest absolute Gasteiger partial charge is 0.147 e. The zero-order valence-electron chi connectivity index (χ0n) is 18.9. The van der Waals surface area contributed by atoms with Gasteiger partial charge in [0, 0.05) is 49.1 Å². The number of aryl methyl sites for hydroxylation is 1. The SMILES string of the molecule is C[C@@H]1OCC2(CCN(c3cnc(Sc4cccc(Cc5cnn(C)c5)c4Cl)cn3)CC2)[C@@H]1N. The number of nitrogens with zero attached hydrogens (tertiary/aromatic N) is 5. The summed E-state index contributed by atoms with van der Waals surface area (Å²) < 4.78 is 7.64. The summed E-state index contributed by atoms with van der Waals surface area (Å²) in [5, 5.41) is 5.82. The number of aromatic nitrogens is 4. The third kappa shape index (κ3) is 4.62. The van der Waals surface area contributed by atoms with Gasteiger partial charge in [-0.3, -0.25) is 4.68 Å². The molecule has 0 aliphatic carbocycles. The van der Waals surface area contributed by atoms with Crippen molar-refractivity contribution in [1.29, 1.82) is 0 Å². The maximum absolute atomic E-state index is 6.72. The van der Waals surface area contributed by atoms with Crippen molar-refractivity contribution in [1.82, 2.24) is 19.7 Å². The quantitative estimate of drug-likeness (QED) is 0.587. The fourth-order valence-corrected chi connectivity index (χ4v) is 5.96. The molecular formula is C24H29ClN6OS. The van der Waals surface area contributed by atoms with E-state index in [0.717, 1.165) is 70.8 Å². The largest absolute Gasteiger partial charge is 0.376 e. The standard InChI is InChI=1S/C24H29ClN6OS/c1-16-23(26)24(15-32-16)6-8-31(9-7-24)20-12-28-21(13-27-20)33-19-5-3-4-18(22(19)25)10-17-11-29-30(2)14-17/h3-5,11-14,16,23H,6-10,15,26H2,1-2H3/t16-,23+/m0/s1. The predicted molar refractivity (Wildman–Crippen MR) is 131 cm³/mol. The topological polar surface area (TPSA) is 82.1 Å². The summed E-state index contributed by atoms with van der Waals surface area (Å²) in [6.45, 7) is 4.69. The Morgan fingerprint density at radius 2 is 2.03 bits per heavy atom. The molecule has 4 heterocycles. The normalized spacial score (nSPS) is 22.2. The fourth-order valence-electron chi connectivity index (χ4n) is 4.85. The Hall–Kier alpha value is -2.13. The maximum Gasteiger partial charge on any atom is 0.147 e. The molecule has 33 heavy (non-hydrogen) atoms. The number of benzene rings is 1. The van der Waals surface area contributed by atoms with Gasteiger partial charge in [0.1, 0.15) is 10.8 Å². The molecule has 0 bridgehead atoms. The molecule has 0 radical (unpaired) electrons. The lowest BCUT2D eigenvalue weighted by atomic mass is 9.73. The zero-order chi connectivity index (χ0) is 23.0. The van der Waals surface area contributed by atoms with Gasteiger partial charge in [-0.15, -0.1) is 0 Å². The molecule has 2 aliphatic heterocycles. The minimum atomic E-state index is 0.108. The van der Waals surface area contributed by atoms with Crippen molar-refractivity contribution in [3.63, 3.8) is 0 Å². The first-order valence-corrected chi connectivity index (χ1v) is 12.5. The Bertz CT molecular complexity index is 1110. The lowest BCUT2D eigenvalue weighted by Gasteiger charge is -2.41. The Labute approximate surface area is 203 Å². The molecule has 2 N–H and O–H groups in total. The zero-order valence-corrected chi connectivity index (χ0v) is 20.5. The van der Waals surface area contributed by atoms with Gasteiger partial charge in [-0.25, -0.2) is 9.97 Å².